The van der Waals surface area contributed by atoms with Crippen molar-refractivity contribution in [2.45, 2.75) is 56.8 Å². The van der Waals surface area contributed by atoms with Crippen molar-refractivity contribution in [2.24, 2.45) is 0 Å². The molecule has 2 fully saturated rings. The first kappa shape index (κ1) is 27.0. The maximum Gasteiger partial charge on any atom is 0.397 e. The highest BCUT2D eigenvalue weighted by Crippen LogP contribution is 2.29. The summed E-state index contributed by atoms with van der Waals surface area (Å²) < 4.78 is 72.1. The molecule has 1 aromatic carbocycles. The van der Waals surface area contributed by atoms with E-state index in [1.54, 1.807) is 24.3 Å². The van der Waals surface area contributed by atoms with Crippen LogP contribution in [0.15, 0.2) is 24.3 Å². The summed E-state index contributed by atoms with van der Waals surface area (Å²) in [6.07, 6.45) is -6.91. The van der Waals surface area contributed by atoms with Crippen LogP contribution in [0.4, 0.5) is 33.8 Å². The lowest BCUT2D eigenvalue weighted by atomic mass is 9.91. The lowest BCUT2D eigenvalue weighted by Crippen LogP contribution is -2.41. The van der Waals surface area contributed by atoms with E-state index in [1.165, 1.54) is 4.57 Å². The number of benzene rings is 1. The van der Waals surface area contributed by atoms with Crippen LogP contribution in [0.1, 0.15) is 44.4 Å². The van der Waals surface area contributed by atoms with Crippen LogP contribution in [0, 0.1) is 0 Å². The van der Waals surface area contributed by atoms with E-state index in [0.717, 1.165) is 0 Å². The molecule has 3 aromatic rings. The molecule has 2 aromatic heterocycles. The number of carbonyl (C=O) groups excluding carboxylic acids is 1. The second-order valence-corrected chi connectivity index (χ2v) is 9.51. The second kappa shape index (κ2) is 11.2. The van der Waals surface area contributed by atoms with Gasteiger partial charge in [0.05, 0.1) is 24.2 Å². The summed E-state index contributed by atoms with van der Waals surface area (Å²) in [5.74, 6) is -1.05. The zero-order valence-electron chi connectivity index (χ0n) is 20.8. The molecule has 0 unspecified atom stereocenters. The molecule has 0 bridgehead atoms. The molecule has 1 aliphatic heterocycles. The Hall–Kier alpha value is -3.62. The molecule has 0 radical (unpaired) electrons. The molecule has 39 heavy (non-hydrogen) atoms. The van der Waals surface area contributed by atoms with E-state index in [9.17, 15) is 26.7 Å². The van der Waals surface area contributed by atoms with Crippen molar-refractivity contribution in [3.8, 4) is 5.95 Å². The van der Waals surface area contributed by atoms with Crippen molar-refractivity contribution >= 4 is 28.8 Å². The third-order valence-corrected chi connectivity index (χ3v) is 6.67. The maximum atomic E-state index is 14.0. The highest BCUT2D eigenvalue weighted by atomic mass is 19.4. The van der Waals surface area contributed by atoms with Crippen molar-refractivity contribution < 1.29 is 31.5 Å². The number of para-hydroxylation sites is 2. The molecule has 3 heterocycles. The molecule has 5 rings (SSSR count). The Bertz CT molecular complexity index is 1300. The van der Waals surface area contributed by atoms with E-state index in [2.05, 4.69) is 30.6 Å². The van der Waals surface area contributed by atoms with Gasteiger partial charge in [0, 0.05) is 25.2 Å². The molecule has 2 N–H and O–H groups in total. The number of imidazole rings is 1. The number of carbonyl (C=O) groups is 1. The van der Waals surface area contributed by atoms with E-state index in [1.807, 2.05) is 4.90 Å². The molecule has 0 atom stereocenters. The van der Waals surface area contributed by atoms with Gasteiger partial charge >= 0.3 is 6.18 Å². The highest BCUT2D eigenvalue weighted by molar-refractivity contribution is 5.78. The zero-order chi connectivity index (χ0) is 27.6. The van der Waals surface area contributed by atoms with Crippen molar-refractivity contribution in [3.63, 3.8) is 0 Å². The number of nitrogens with zero attached hydrogens (tertiary/aromatic N) is 6. The number of hydrogen-bond donors (Lipinski definition) is 2. The Labute approximate surface area is 220 Å². The fourth-order valence-corrected chi connectivity index (χ4v) is 4.85. The van der Waals surface area contributed by atoms with Gasteiger partial charge in [-0.3, -0.25) is 9.36 Å². The van der Waals surface area contributed by atoms with Gasteiger partial charge in [-0.25, -0.2) is 13.8 Å². The number of hydrogen-bond acceptors (Lipinski definition) is 8. The summed E-state index contributed by atoms with van der Waals surface area (Å²) in [7, 11) is 0. The average molecular weight is 555 g/mol. The van der Waals surface area contributed by atoms with E-state index < -0.39 is 30.8 Å². The number of alkyl halides is 5. The van der Waals surface area contributed by atoms with Gasteiger partial charge in [0.1, 0.15) is 6.42 Å². The number of anilines is 2. The largest absolute Gasteiger partial charge is 0.397 e. The standard InChI is InChI=1S/C24H27F5N8O2/c25-19(26)20-32-16-3-1-2-4-17(16)37(20)23-34-21(33-22(35-23)36-9-11-39-12-10-36)31-15-7-5-14(6-8-15)30-18(38)13-24(27,28)29/h1-4,14-15,19H,5-13H2,(H,30,38)(H,31,33,34,35). The molecule has 0 spiro atoms. The smallest absolute Gasteiger partial charge is 0.378 e. The topological polar surface area (TPSA) is 110 Å². The Balaban J connectivity index is 1.38. The SMILES string of the molecule is O=C(CC(F)(F)F)NC1CCC(Nc2nc(N3CCOCC3)nc(-n3c(C(F)F)nc4ccccc43)n2)CC1. The van der Waals surface area contributed by atoms with Gasteiger partial charge in [-0.05, 0) is 37.8 Å². The summed E-state index contributed by atoms with van der Waals surface area (Å²) in [6, 6.07) is 6.21. The van der Waals surface area contributed by atoms with Gasteiger partial charge in [-0.2, -0.15) is 28.1 Å². The highest BCUT2D eigenvalue weighted by Gasteiger charge is 2.33. The fraction of sp³-hybridized carbons (Fsp3) is 0.542. The van der Waals surface area contributed by atoms with Gasteiger partial charge in [0.25, 0.3) is 6.43 Å². The van der Waals surface area contributed by atoms with E-state index in [0.29, 0.717) is 69.0 Å². The predicted octanol–water partition coefficient (Wildman–Crippen LogP) is 3.78. The quantitative estimate of drug-likeness (QED) is 0.425. The predicted molar refractivity (Wildman–Crippen MR) is 131 cm³/mol. The normalized spacial score (nSPS) is 20.4. The van der Waals surface area contributed by atoms with Gasteiger partial charge in [-0.15, -0.1) is 0 Å². The molecule has 1 saturated heterocycles. The van der Waals surface area contributed by atoms with Crippen LogP contribution >= 0.6 is 0 Å². The van der Waals surface area contributed by atoms with Crippen molar-refractivity contribution in [3.05, 3.63) is 30.1 Å². The Kier molecular flexibility index (Phi) is 7.77. The molecule has 1 amide bonds. The summed E-state index contributed by atoms with van der Waals surface area (Å²) in [5, 5.41) is 5.68. The molecule has 1 saturated carbocycles. The molecule has 210 valence electrons. The minimum atomic E-state index is -4.55. The number of fused-ring (bicyclic) bond motifs is 1. The first-order valence-corrected chi connectivity index (χ1v) is 12.6. The number of rotatable bonds is 7. The van der Waals surface area contributed by atoms with Crippen LogP contribution in [0.25, 0.3) is 17.0 Å². The van der Waals surface area contributed by atoms with Crippen molar-refractivity contribution in [1.29, 1.82) is 0 Å². The van der Waals surface area contributed by atoms with Gasteiger partial charge in [-0.1, -0.05) is 12.1 Å². The minimum absolute atomic E-state index is 0.00825. The summed E-state index contributed by atoms with van der Waals surface area (Å²) in [4.78, 5) is 31.2. The zero-order valence-corrected chi connectivity index (χ0v) is 20.8. The van der Waals surface area contributed by atoms with E-state index in [4.69, 9.17) is 4.74 Å². The monoisotopic (exact) mass is 554 g/mol. The Morgan fingerprint density at radius 2 is 1.64 bits per heavy atom. The number of amides is 1. The number of ether oxygens (including phenoxy) is 1. The average Bonchev–Trinajstić information content (AvgIpc) is 3.29. The van der Waals surface area contributed by atoms with Crippen LogP contribution in [-0.4, -0.2) is 75.0 Å². The first-order valence-electron chi connectivity index (χ1n) is 12.6. The van der Waals surface area contributed by atoms with Crippen molar-refractivity contribution in [2.75, 3.05) is 36.5 Å². The van der Waals surface area contributed by atoms with Crippen LogP contribution < -0.4 is 15.5 Å². The van der Waals surface area contributed by atoms with Gasteiger partial charge in [0.15, 0.2) is 5.82 Å². The summed E-state index contributed by atoms with van der Waals surface area (Å²) in [6.45, 7) is 1.95. The Morgan fingerprint density at radius 1 is 0.974 bits per heavy atom. The molecule has 2 aliphatic rings. The Morgan fingerprint density at radius 3 is 2.33 bits per heavy atom. The molecular formula is C24H27F5N8O2. The lowest BCUT2D eigenvalue weighted by molar-refractivity contribution is -0.154. The van der Waals surface area contributed by atoms with Crippen LogP contribution in [0.5, 0.6) is 0 Å². The van der Waals surface area contributed by atoms with Crippen molar-refractivity contribution in [1.82, 2.24) is 29.8 Å². The number of aromatic nitrogens is 5. The van der Waals surface area contributed by atoms with Crippen LogP contribution in [0.3, 0.4) is 0 Å². The number of nitrogens with one attached hydrogen (secondary N) is 2. The lowest BCUT2D eigenvalue weighted by Gasteiger charge is -2.30. The number of halogens is 5. The first-order chi connectivity index (χ1) is 18.7. The van der Waals surface area contributed by atoms with E-state index in [-0.39, 0.29) is 24.0 Å². The molecule has 15 heteroatoms. The van der Waals surface area contributed by atoms with E-state index >= 15 is 0 Å². The second-order valence-electron chi connectivity index (χ2n) is 9.51. The number of morpholine rings is 1. The summed E-state index contributed by atoms with van der Waals surface area (Å²) >= 11 is 0. The van der Waals surface area contributed by atoms with Gasteiger partial charge in [0.2, 0.25) is 23.8 Å². The van der Waals surface area contributed by atoms with Crippen LogP contribution in [-0.2, 0) is 9.53 Å². The maximum absolute atomic E-state index is 14.0. The van der Waals surface area contributed by atoms with Crippen LogP contribution in [0.2, 0.25) is 0 Å². The summed E-state index contributed by atoms with van der Waals surface area (Å²) in [5.41, 5.74) is 0.800. The third kappa shape index (κ3) is 6.52. The fourth-order valence-electron chi connectivity index (χ4n) is 4.85. The van der Waals surface area contributed by atoms with Gasteiger partial charge < -0.3 is 20.3 Å². The molecular weight excluding hydrogens is 527 g/mol. The molecule has 10 nitrogen and oxygen atoms in total. The molecule has 1 aliphatic carbocycles. The third-order valence-electron chi connectivity index (χ3n) is 6.67. The minimum Gasteiger partial charge on any atom is -0.378 e.